The minimum atomic E-state index is -0.182. The molecular weight excluding hydrogens is 138 g/mol. The first kappa shape index (κ1) is 8.49. The summed E-state index contributed by atoms with van der Waals surface area (Å²) < 4.78 is 0. The Labute approximate surface area is 57.1 Å². The van der Waals surface area contributed by atoms with Gasteiger partial charge in [-0.1, -0.05) is 0 Å². The first-order chi connectivity index (χ1) is 4.16. The van der Waals surface area contributed by atoms with E-state index in [0.29, 0.717) is 5.75 Å². The molecule has 0 aromatic carbocycles. The molecule has 0 unspecified atom stereocenters. The third kappa shape index (κ3) is 5.36. The minimum Gasteiger partial charge on any atom is -0.792 e. The van der Waals surface area contributed by atoms with E-state index in [4.69, 9.17) is 0 Å². The van der Waals surface area contributed by atoms with Gasteiger partial charge in [-0.15, -0.1) is 0 Å². The lowest BCUT2D eigenvalue weighted by atomic mass is 10.5. The highest BCUT2D eigenvalue weighted by atomic mass is 32.2. The largest absolute Gasteiger partial charge is 0.792 e. The molecule has 0 rings (SSSR count). The Morgan fingerprint density at radius 3 is 2.67 bits per heavy atom. The molecular formula is C5H9NO2S. The molecule has 0 aliphatic carbocycles. The second kappa shape index (κ2) is 4.38. The highest BCUT2D eigenvalue weighted by molar-refractivity contribution is 7.96. The van der Waals surface area contributed by atoms with Gasteiger partial charge in [0, 0.05) is 0 Å². The highest BCUT2D eigenvalue weighted by Gasteiger charge is 2.07. The Morgan fingerprint density at radius 1 is 1.78 bits per heavy atom. The molecule has 0 saturated heterocycles. The third-order valence-corrected chi connectivity index (χ3v) is 1.49. The molecule has 0 aromatic rings. The van der Waals surface area contributed by atoms with Crippen molar-refractivity contribution < 1.29 is 4.79 Å². The maximum absolute atomic E-state index is 10.5. The summed E-state index contributed by atoms with van der Waals surface area (Å²) in [5.41, 5.74) is 0. The van der Waals surface area contributed by atoms with Crippen LogP contribution in [0.5, 0.6) is 0 Å². The van der Waals surface area contributed by atoms with E-state index in [0.717, 1.165) is 6.21 Å². The van der Waals surface area contributed by atoms with E-state index in [9.17, 15) is 10.0 Å². The van der Waals surface area contributed by atoms with E-state index in [-0.39, 0.29) is 16.7 Å². The zero-order valence-corrected chi connectivity index (χ0v) is 6.27. The fraction of sp³-hybridized carbons (Fsp3) is 0.600. The average Bonchev–Trinajstić information content (AvgIpc) is 1.63. The van der Waals surface area contributed by atoms with Gasteiger partial charge in [-0.25, -0.2) is 0 Å². The van der Waals surface area contributed by atoms with E-state index in [1.165, 1.54) is 0 Å². The first-order valence-electron chi connectivity index (χ1n) is 2.39. The molecule has 0 atom stereocenters. The van der Waals surface area contributed by atoms with E-state index in [2.05, 4.69) is 5.16 Å². The van der Waals surface area contributed by atoms with Gasteiger partial charge in [0.1, 0.15) is 0 Å². The van der Waals surface area contributed by atoms with Crippen molar-refractivity contribution in [1.82, 2.24) is 0 Å². The summed E-state index contributed by atoms with van der Waals surface area (Å²) in [5.74, 6) is 0.254. The van der Waals surface area contributed by atoms with Crippen LogP contribution < -0.4 is 0 Å². The standard InChI is InChI=1S/C5H9NO2S/c1-9(2)4-5(7)3-6-8/h3H,4H2,1-2H3. The van der Waals surface area contributed by atoms with Gasteiger partial charge in [0.05, 0.1) is 18.7 Å². The molecule has 0 heterocycles. The highest BCUT2D eigenvalue weighted by Crippen LogP contribution is 1.82. The van der Waals surface area contributed by atoms with Gasteiger partial charge in [-0.2, -0.15) is 0 Å². The van der Waals surface area contributed by atoms with Crippen molar-refractivity contribution in [2.75, 3.05) is 18.3 Å². The second-order valence-corrected chi connectivity index (χ2v) is 4.09. The molecule has 0 saturated carbocycles. The number of hydrogen-bond donors (Lipinski definition) is 0. The predicted molar refractivity (Wildman–Crippen MR) is 40.9 cm³/mol. The number of Topliss-reactive ketones (excluding diaryl/α,β-unsaturated/α-hetero) is 1. The summed E-state index contributed by atoms with van der Waals surface area (Å²) in [4.78, 5) is 10.5. The Morgan fingerprint density at radius 2 is 2.33 bits per heavy atom. The van der Waals surface area contributed by atoms with Crippen molar-refractivity contribution in [3.8, 4) is 0 Å². The fourth-order valence-electron chi connectivity index (χ4n) is 0.381. The summed E-state index contributed by atoms with van der Waals surface area (Å²) in [6.07, 6.45) is 4.71. The maximum Gasteiger partial charge on any atom is 0.221 e. The van der Waals surface area contributed by atoms with Crippen molar-refractivity contribution in [2.24, 2.45) is 5.16 Å². The Balaban J connectivity index is 3.51. The molecule has 0 bridgehead atoms. The molecule has 9 heavy (non-hydrogen) atoms. The van der Waals surface area contributed by atoms with Crippen LogP contribution in [-0.4, -0.2) is 30.3 Å². The normalized spacial score (nSPS) is 11.0. The van der Waals surface area contributed by atoms with E-state index < -0.39 is 0 Å². The molecule has 0 aliphatic heterocycles. The van der Waals surface area contributed by atoms with Crippen LogP contribution >= 0.6 is 0 Å². The van der Waals surface area contributed by atoms with Crippen LogP contribution in [0.4, 0.5) is 0 Å². The molecule has 3 nitrogen and oxygen atoms in total. The minimum absolute atomic E-state index is 0.0732. The van der Waals surface area contributed by atoms with Crippen LogP contribution in [0.2, 0.25) is 0 Å². The van der Waals surface area contributed by atoms with Crippen LogP contribution in [0.15, 0.2) is 5.16 Å². The van der Waals surface area contributed by atoms with Gasteiger partial charge in [0.2, 0.25) is 5.78 Å². The molecule has 0 aromatic heterocycles. The smallest absolute Gasteiger partial charge is 0.221 e. The van der Waals surface area contributed by atoms with E-state index >= 15 is 0 Å². The van der Waals surface area contributed by atoms with Gasteiger partial charge < -0.3 is 10.4 Å². The number of carbonyl (C=O) groups excluding carboxylic acids is 1. The van der Waals surface area contributed by atoms with Crippen molar-refractivity contribution in [1.29, 1.82) is 0 Å². The van der Waals surface area contributed by atoms with Crippen molar-refractivity contribution in [2.45, 2.75) is 0 Å². The zero-order chi connectivity index (χ0) is 7.28. The second-order valence-electron chi connectivity index (χ2n) is 1.83. The molecule has 0 N–H and O–H groups in total. The molecule has 0 fully saturated rings. The zero-order valence-electron chi connectivity index (χ0n) is 5.46. The van der Waals surface area contributed by atoms with Gasteiger partial charge in [-0.3, -0.25) is 4.79 Å². The van der Waals surface area contributed by atoms with Crippen molar-refractivity contribution in [3.63, 3.8) is 0 Å². The Bertz CT molecular complexity index is 122. The predicted octanol–water partition coefficient (Wildman–Crippen LogP) is 0.00200. The van der Waals surface area contributed by atoms with Crippen LogP contribution in [0, 0.1) is 5.21 Å². The van der Waals surface area contributed by atoms with Crippen LogP contribution in [0.3, 0.4) is 0 Å². The Hall–Kier alpha value is -0.510. The van der Waals surface area contributed by atoms with Crippen LogP contribution in [0.25, 0.3) is 0 Å². The summed E-state index contributed by atoms with van der Waals surface area (Å²) in [5, 5.41) is 11.8. The number of carbonyl (C=O) groups is 1. The van der Waals surface area contributed by atoms with E-state index in [1.54, 1.807) is 0 Å². The summed E-state index contributed by atoms with van der Waals surface area (Å²) in [6.45, 7) is 0. The number of ketones is 1. The number of nitrogens with zero attached hydrogens (tertiary/aromatic N) is 1. The van der Waals surface area contributed by atoms with Crippen LogP contribution in [0.1, 0.15) is 0 Å². The lowest BCUT2D eigenvalue weighted by Crippen LogP contribution is -2.14. The molecule has 4 heteroatoms. The quantitative estimate of drug-likeness (QED) is 0.320. The SMILES string of the molecule is C[S+](C)CC(=O)/C=N/[O-]. The van der Waals surface area contributed by atoms with Crippen molar-refractivity contribution >= 4 is 22.9 Å². The summed E-state index contributed by atoms with van der Waals surface area (Å²) in [6, 6.07) is 0. The van der Waals surface area contributed by atoms with Gasteiger partial charge in [-0.05, 0) is 10.9 Å². The first-order valence-corrected chi connectivity index (χ1v) is 4.60. The summed E-state index contributed by atoms with van der Waals surface area (Å²) in [7, 11) is 0.0732. The molecule has 0 radical (unpaired) electrons. The topological polar surface area (TPSA) is 52.5 Å². The summed E-state index contributed by atoms with van der Waals surface area (Å²) >= 11 is 0. The van der Waals surface area contributed by atoms with Crippen molar-refractivity contribution in [3.05, 3.63) is 5.21 Å². The average molecular weight is 147 g/mol. The molecule has 0 spiro atoms. The Kier molecular flexibility index (Phi) is 4.13. The monoisotopic (exact) mass is 147 g/mol. The molecule has 0 aliphatic rings. The van der Waals surface area contributed by atoms with Gasteiger partial charge in [0.25, 0.3) is 0 Å². The van der Waals surface area contributed by atoms with Crippen LogP contribution in [-0.2, 0) is 15.7 Å². The van der Waals surface area contributed by atoms with Gasteiger partial charge >= 0.3 is 0 Å². The third-order valence-electron chi connectivity index (χ3n) is 0.628. The molecule has 0 amide bonds. The van der Waals surface area contributed by atoms with E-state index in [1.807, 2.05) is 12.5 Å². The lowest BCUT2D eigenvalue weighted by Gasteiger charge is -1.91. The molecule has 52 valence electrons. The van der Waals surface area contributed by atoms with Gasteiger partial charge in [0.15, 0.2) is 5.75 Å². The number of rotatable bonds is 3. The fourth-order valence-corrected chi connectivity index (χ4v) is 1.02. The maximum atomic E-state index is 10.5. The number of hydrogen-bond acceptors (Lipinski definition) is 3. The lowest BCUT2D eigenvalue weighted by molar-refractivity contribution is -0.110.